The largest absolute Gasteiger partial charge is 0.369 e. The first kappa shape index (κ1) is 19.4. The first-order valence-corrected chi connectivity index (χ1v) is 9.26. The fraction of sp³-hybridized carbons (Fsp3) is 0.350. The number of hydrogen-bond donors (Lipinski definition) is 2. The topological polar surface area (TPSA) is 80.0 Å². The van der Waals surface area contributed by atoms with E-state index in [0.29, 0.717) is 16.5 Å². The molecule has 1 aliphatic carbocycles. The highest BCUT2D eigenvalue weighted by Crippen LogP contribution is 2.33. The number of alkyl halides is 2. The molecule has 1 aliphatic rings. The van der Waals surface area contributed by atoms with Gasteiger partial charge in [0.1, 0.15) is 18.0 Å². The highest BCUT2D eigenvalue weighted by Gasteiger charge is 2.24. The molecule has 4 rings (SSSR count). The van der Waals surface area contributed by atoms with E-state index in [4.69, 9.17) is 0 Å². The number of fused-ring (bicyclic) bond motifs is 1. The van der Waals surface area contributed by atoms with Gasteiger partial charge in [0, 0.05) is 23.4 Å². The van der Waals surface area contributed by atoms with Gasteiger partial charge in [-0.3, -0.25) is 4.79 Å². The Bertz CT molecular complexity index is 1130. The monoisotopic (exact) mass is 404 g/mol. The van der Waals surface area contributed by atoms with Gasteiger partial charge in [0.25, 0.3) is 12.0 Å². The minimum absolute atomic E-state index is 0.101. The SMILES string of the molecule is Cc1c(=O)n(C2CCC2)cc2c(N[C@H](O)c3cccc(C(F)F)c3F)ncnc12. The standard InChI is InChI=1S/C20H19F3N4O2/c1-10-16-14(8-27(20(10)29)11-4-2-5-11)18(25-9-24-16)26-19(28)13-7-3-6-12(15(13)21)17(22)23/h3,6-9,11,17,19,28H,2,4-5H2,1H3,(H,24,25,26)/t19-/m1/s1. The molecule has 0 saturated heterocycles. The van der Waals surface area contributed by atoms with Gasteiger partial charge in [0.05, 0.1) is 16.5 Å². The number of nitrogens with one attached hydrogen (secondary N) is 1. The van der Waals surface area contributed by atoms with Crippen molar-refractivity contribution in [2.75, 3.05) is 5.32 Å². The second-order valence-corrected chi connectivity index (χ2v) is 7.13. The quantitative estimate of drug-likeness (QED) is 0.629. The number of hydrogen-bond acceptors (Lipinski definition) is 5. The average Bonchev–Trinajstić information content (AvgIpc) is 2.65. The molecule has 0 radical (unpaired) electrons. The molecular weight excluding hydrogens is 385 g/mol. The van der Waals surface area contributed by atoms with E-state index in [-0.39, 0.29) is 23.0 Å². The molecule has 1 aromatic carbocycles. The van der Waals surface area contributed by atoms with Crippen LogP contribution < -0.4 is 10.9 Å². The van der Waals surface area contributed by atoms with E-state index in [2.05, 4.69) is 15.3 Å². The third kappa shape index (κ3) is 3.35. The van der Waals surface area contributed by atoms with E-state index in [1.165, 1.54) is 18.5 Å². The van der Waals surface area contributed by atoms with Crippen molar-refractivity contribution in [3.05, 3.63) is 63.6 Å². The molecule has 29 heavy (non-hydrogen) atoms. The molecule has 3 aromatic rings. The smallest absolute Gasteiger partial charge is 0.266 e. The summed E-state index contributed by atoms with van der Waals surface area (Å²) in [6.45, 7) is 1.67. The van der Waals surface area contributed by atoms with Gasteiger partial charge in [-0.05, 0) is 26.2 Å². The normalized spacial score (nSPS) is 15.5. The number of anilines is 1. The predicted octanol–water partition coefficient (Wildman–Crippen LogP) is 4.00. The van der Waals surface area contributed by atoms with Crippen LogP contribution >= 0.6 is 0 Å². The summed E-state index contributed by atoms with van der Waals surface area (Å²) in [4.78, 5) is 20.9. The second-order valence-electron chi connectivity index (χ2n) is 7.13. The van der Waals surface area contributed by atoms with Gasteiger partial charge in [-0.2, -0.15) is 0 Å². The Morgan fingerprint density at radius 3 is 2.62 bits per heavy atom. The lowest BCUT2D eigenvalue weighted by Crippen LogP contribution is -2.30. The van der Waals surface area contributed by atoms with Crippen molar-refractivity contribution in [3.8, 4) is 0 Å². The van der Waals surface area contributed by atoms with Gasteiger partial charge in [-0.15, -0.1) is 0 Å². The minimum Gasteiger partial charge on any atom is -0.369 e. The Morgan fingerprint density at radius 2 is 1.97 bits per heavy atom. The zero-order valence-corrected chi connectivity index (χ0v) is 15.6. The summed E-state index contributed by atoms with van der Waals surface area (Å²) in [6, 6.07) is 3.54. The second kappa shape index (κ2) is 7.47. The molecule has 1 fully saturated rings. The molecule has 0 aliphatic heterocycles. The minimum atomic E-state index is -3.00. The Hall–Kier alpha value is -2.94. The van der Waals surface area contributed by atoms with Crippen molar-refractivity contribution in [1.82, 2.24) is 14.5 Å². The van der Waals surface area contributed by atoms with Crippen molar-refractivity contribution in [1.29, 1.82) is 0 Å². The third-order valence-corrected chi connectivity index (χ3v) is 5.39. The summed E-state index contributed by atoms with van der Waals surface area (Å²) < 4.78 is 41.9. The number of aryl methyl sites for hydroxylation is 1. The summed E-state index contributed by atoms with van der Waals surface area (Å²) in [5.41, 5.74) is -0.385. The lowest BCUT2D eigenvalue weighted by molar-refractivity contribution is 0.144. The number of aliphatic hydroxyl groups is 1. The predicted molar refractivity (Wildman–Crippen MR) is 101 cm³/mol. The fourth-order valence-corrected chi connectivity index (χ4v) is 3.52. The van der Waals surface area contributed by atoms with Crippen LogP contribution in [0.3, 0.4) is 0 Å². The van der Waals surface area contributed by atoms with E-state index >= 15 is 0 Å². The summed E-state index contributed by atoms with van der Waals surface area (Å²) >= 11 is 0. The van der Waals surface area contributed by atoms with Gasteiger partial charge in [0.2, 0.25) is 0 Å². The molecular formula is C20H19F3N4O2. The van der Waals surface area contributed by atoms with Crippen LogP contribution in [0, 0.1) is 12.7 Å². The van der Waals surface area contributed by atoms with Crippen LogP contribution in [0.2, 0.25) is 0 Å². The Morgan fingerprint density at radius 1 is 1.24 bits per heavy atom. The van der Waals surface area contributed by atoms with Crippen molar-refractivity contribution in [3.63, 3.8) is 0 Å². The number of aromatic nitrogens is 3. The highest BCUT2D eigenvalue weighted by molar-refractivity contribution is 5.90. The maximum Gasteiger partial charge on any atom is 0.266 e. The van der Waals surface area contributed by atoms with Crippen LogP contribution in [0.15, 0.2) is 35.5 Å². The van der Waals surface area contributed by atoms with Gasteiger partial charge < -0.3 is 15.0 Å². The van der Waals surface area contributed by atoms with Crippen molar-refractivity contribution < 1.29 is 18.3 Å². The third-order valence-electron chi connectivity index (χ3n) is 5.39. The van der Waals surface area contributed by atoms with Gasteiger partial charge in [-0.25, -0.2) is 23.1 Å². The van der Waals surface area contributed by atoms with E-state index in [1.807, 2.05) is 0 Å². The number of rotatable bonds is 5. The van der Waals surface area contributed by atoms with Crippen LogP contribution in [0.4, 0.5) is 19.0 Å². The maximum absolute atomic E-state index is 14.4. The Balaban J connectivity index is 1.76. The van der Waals surface area contributed by atoms with Gasteiger partial charge >= 0.3 is 0 Å². The molecule has 0 amide bonds. The molecule has 9 heteroatoms. The van der Waals surface area contributed by atoms with Gasteiger partial charge in [0.15, 0.2) is 6.23 Å². The van der Waals surface area contributed by atoms with Gasteiger partial charge in [-0.1, -0.05) is 18.2 Å². The molecule has 0 spiro atoms. The summed E-state index contributed by atoms with van der Waals surface area (Å²) in [5, 5.41) is 13.6. The zero-order valence-electron chi connectivity index (χ0n) is 15.6. The molecule has 2 N–H and O–H groups in total. The van der Waals surface area contributed by atoms with Crippen molar-refractivity contribution in [2.24, 2.45) is 0 Å². The Labute approximate surface area is 164 Å². The molecule has 1 atom stereocenters. The molecule has 2 aromatic heterocycles. The van der Waals surface area contributed by atoms with Crippen molar-refractivity contribution >= 4 is 16.7 Å². The number of nitrogens with zero attached hydrogens (tertiary/aromatic N) is 3. The number of benzene rings is 1. The summed E-state index contributed by atoms with van der Waals surface area (Å²) in [7, 11) is 0. The summed E-state index contributed by atoms with van der Waals surface area (Å²) in [6.07, 6.45) is 1.09. The van der Waals surface area contributed by atoms with Crippen LogP contribution in [0.5, 0.6) is 0 Å². The number of pyridine rings is 1. The van der Waals surface area contributed by atoms with Crippen molar-refractivity contribution in [2.45, 2.75) is 44.9 Å². The molecule has 0 bridgehead atoms. The highest BCUT2D eigenvalue weighted by atomic mass is 19.3. The first-order chi connectivity index (χ1) is 13.9. The van der Waals surface area contributed by atoms with Crippen LogP contribution in [0.25, 0.3) is 10.9 Å². The van der Waals surface area contributed by atoms with E-state index in [9.17, 15) is 23.1 Å². The number of aliphatic hydroxyl groups excluding tert-OH is 1. The van der Waals surface area contributed by atoms with Crippen LogP contribution in [0.1, 0.15) is 54.6 Å². The fourth-order valence-electron chi connectivity index (χ4n) is 3.52. The van der Waals surface area contributed by atoms with E-state index < -0.39 is 24.0 Å². The average molecular weight is 404 g/mol. The van der Waals surface area contributed by atoms with E-state index in [1.54, 1.807) is 17.7 Å². The zero-order chi connectivity index (χ0) is 20.7. The maximum atomic E-state index is 14.4. The Kier molecular flexibility index (Phi) is 4.99. The molecule has 6 nitrogen and oxygen atoms in total. The lowest BCUT2D eigenvalue weighted by atomic mass is 9.92. The van der Waals surface area contributed by atoms with Crippen LogP contribution in [-0.4, -0.2) is 19.6 Å². The van der Waals surface area contributed by atoms with E-state index in [0.717, 1.165) is 25.3 Å². The van der Waals surface area contributed by atoms with Crippen LogP contribution in [-0.2, 0) is 0 Å². The first-order valence-electron chi connectivity index (χ1n) is 9.26. The molecule has 152 valence electrons. The molecule has 0 unspecified atom stereocenters. The molecule has 2 heterocycles. The molecule has 1 saturated carbocycles. The summed E-state index contributed by atoms with van der Waals surface area (Å²) in [5.74, 6) is -0.996. The lowest BCUT2D eigenvalue weighted by Gasteiger charge is -2.28. The number of halogens is 3.